The zero-order valence-electron chi connectivity index (χ0n) is 13.3. The van der Waals surface area contributed by atoms with Crippen LogP contribution in [-0.4, -0.2) is 54.8 Å². The number of amides is 1. The van der Waals surface area contributed by atoms with E-state index in [9.17, 15) is 9.18 Å². The smallest absolute Gasteiger partial charge is 0.254 e. The van der Waals surface area contributed by atoms with Crippen LogP contribution in [0.3, 0.4) is 0 Å². The highest BCUT2D eigenvalue weighted by Crippen LogP contribution is 2.29. The number of carbonyl (C=O) groups is 1. The first kappa shape index (κ1) is 15.4. The fourth-order valence-corrected chi connectivity index (χ4v) is 3.31. The molecule has 1 amide bonds. The SMILES string of the molecule is O=C(C1COCCO1)N1CC=C(c2c[nH]c3cc(F)ccc23)CC1. The molecular formula is C18H19FN2O3. The van der Waals surface area contributed by atoms with Crippen LogP contribution in [0.15, 0.2) is 30.5 Å². The topological polar surface area (TPSA) is 54.6 Å². The molecule has 1 atom stereocenters. The van der Waals surface area contributed by atoms with E-state index in [1.807, 2.05) is 6.20 Å². The Bertz CT molecular complexity index is 793. The van der Waals surface area contributed by atoms with E-state index in [2.05, 4.69) is 11.1 Å². The van der Waals surface area contributed by atoms with Crippen molar-refractivity contribution in [3.63, 3.8) is 0 Å². The van der Waals surface area contributed by atoms with Crippen LogP contribution in [0.5, 0.6) is 0 Å². The summed E-state index contributed by atoms with van der Waals surface area (Å²) in [5, 5.41) is 1.01. The van der Waals surface area contributed by atoms with Crippen LogP contribution in [0.2, 0.25) is 0 Å². The first-order valence-electron chi connectivity index (χ1n) is 8.16. The summed E-state index contributed by atoms with van der Waals surface area (Å²) in [6.45, 7) is 2.56. The Kier molecular flexibility index (Phi) is 4.08. The number of benzene rings is 1. The fourth-order valence-electron chi connectivity index (χ4n) is 3.31. The maximum Gasteiger partial charge on any atom is 0.254 e. The lowest BCUT2D eigenvalue weighted by molar-refractivity contribution is -0.157. The van der Waals surface area contributed by atoms with Crippen LogP contribution in [0.25, 0.3) is 16.5 Å². The van der Waals surface area contributed by atoms with Crippen molar-refractivity contribution >= 4 is 22.4 Å². The van der Waals surface area contributed by atoms with Crippen molar-refractivity contribution in [2.45, 2.75) is 12.5 Å². The quantitative estimate of drug-likeness (QED) is 0.919. The van der Waals surface area contributed by atoms with Crippen LogP contribution in [0.4, 0.5) is 4.39 Å². The first-order valence-corrected chi connectivity index (χ1v) is 8.16. The monoisotopic (exact) mass is 330 g/mol. The Balaban J connectivity index is 1.50. The number of ether oxygens (including phenoxy) is 2. The van der Waals surface area contributed by atoms with Gasteiger partial charge in [0.05, 0.1) is 19.8 Å². The van der Waals surface area contributed by atoms with Crippen LogP contribution >= 0.6 is 0 Å². The van der Waals surface area contributed by atoms with Crippen molar-refractivity contribution < 1.29 is 18.7 Å². The lowest BCUT2D eigenvalue weighted by Crippen LogP contribution is -2.46. The standard InChI is InChI=1S/C18H19FN2O3/c19-13-1-2-14-15(10-20-16(14)9-13)12-3-5-21(6-4-12)18(22)17-11-23-7-8-24-17/h1-3,9-10,17,20H,4-8,11H2. The van der Waals surface area contributed by atoms with Gasteiger partial charge in [-0.2, -0.15) is 0 Å². The lowest BCUT2D eigenvalue weighted by atomic mass is 9.98. The summed E-state index contributed by atoms with van der Waals surface area (Å²) in [7, 11) is 0. The predicted molar refractivity (Wildman–Crippen MR) is 88.0 cm³/mol. The summed E-state index contributed by atoms with van der Waals surface area (Å²) < 4.78 is 24.1. The third-order valence-corrected chi connectivity index (χ3v) is 4.60. The maximum atomic E-state index is 13.3. The van der Waals surface area contributed by atoms with E-state index in [0.717, 1.165) is 22.9 Å². The number of fused-ring (bicyclic) bond motifs is 1. The lowest BCUT2D eigenvalue weighted by Gasteiger charge is -2.31. The van der Waals surface area contributed by atoms with E-state index in [-0.39, 0.29) is 11.7 Å². The van der Waals surface area contributed by atoms with E-state index < -0.39 is 6.10 Å². The van der Waals surface area contributed by atoms with Crippen molar-refractivity contribution in [3.05, 3.63) is 41.9 Å². The van der Waals surface area contributed by atoms with Gasteiger partial charge >= 0.3 is 0 Å². The Morgan fingerprint density at radius 1 is 1.33 bits per heavy atom. The minimum absolute atomic E-state index is 0.00834. The molecule has 0 aliphatic carbocycles. The van der Waals surface area contributed by atoms with Crippen molar-refractivity contribution in [1.82, 2.24) is 9.88 Å². The molecular weight excluding hydrogens is 311 g/mol. The summed E-state index contributed by atoms with van der Waals surface area (Å²) in [5.41, 5.74) is 3.05. The average Bonchev–Trinajstić information content (AvgIpc) is 3.05. The number of nitrogens with zero attached hydrogens (tertiary/aromatic N) is 1. The van der Waals surface area contributed by atoms with Gasteiger partial charge in [0.25, 0.3) is 5.91 Å². The van der Waals surface area contributed by atoms with Gasteiger partial charge in [-0.3, -0.25) is 4.79 Å². The van der Waals surface area contributed by atoms with E-state index in [0.29, 0.717) is 32.9 Å². The summed E-state index contributed by atoms with van der Waals surface area (Å²) in [4.78, 5) is 17.4. The predicted octanol–water partition coefficient (Wildman–Crippen LogP) is 2.34. The van der Waals surface area contributed by atoms with Gasteiger partial charge in [0.15, 0.2) is 6.10 Å². The number of nitrogens with one attached hydrogen (secondary N) is 1. The number of carbonyl (C=O) groups excluding carboxylic acids is 1. The van der Waals surface area contributed by atoms with E-state index in [1.54, 1.807) is 11.0 Å². The second kappa shape index (κ2) is 6.37. The molecule has 6 heteroatoms. The zero-order valence-corrected chi connectivity index (χ0v) is 13.3. The van der Waals surface area contributed by atoms with Gasteiger partial charge in [-0.15, -0.1) is 0 Å². The summed E-state index contributed by atoms with van der Waals surface area (Å²) in [6.07, 6.45) is 4.26. The van der Waals surface area contributed by atoms with E-state index in [4.69, 9.17) is 9.47 Å². The second-order valence-electron chi connectivity index (χ2n) is 6.09. The molecule has 1 unspecified atom stereocenters. The molecule has 0 bridgehead atoms. The van der Waals surface area contributed by atoms with Gasteiger partial charge in [0.2, 0.25) is 0 Å². The molecule has 1 aromatic carbocycles. The number of rotatable bonds is 2. The molecule has 0 spiro atoms. The van der Waals surface area contributed by atoms with Crippen LogP contribution < -0.4 is 0 Å². The van der Waals surface area contributed by atoms with E-state index in [1.165, 1.54) is 17.7 Å². The molecule has 24 heavy (non-hydrogen) atoms. The molecule has 1 fully saturated rings. The van der Waals surface area contributed by atoms with E-state index >= 15 is 0 Å². The minimum Gasteiger partial charge on any atom is -0.376 e. The number of H-pyrrole nitrogens is 1. The normalized spacial score (nSPS) is 21.8. The molecule has 4 rings (SSSR count). The van der Waals surface area contributed by atoms with Crippen molar-refractivity contribution in [1.29, 1.82) is 0 Å². The largest absolute Gasteiger partial charge is 0.376 e. The number of hydrogen-bond acceptors (Lipinski definition) is 3. The molecule has 0 saturated carbocycles. The molecule has 2 aromatic rings. The number of hydrogen-bond donors (Lipinski definition) is 1. The van der Waals surface area contributed by atoms with Crippen molar-refractivity contribution in [2.75, 3.05) is 32.9 Å². The molecule has 2 aliphatic rings. The van der Waals surface area contributed by atoms with Crippen LogP contribution in [0.1, 0.15) is 12.0 Å². The molecule has 2 aliphatic heterocycles. The maximum absolute atomic E-state index is 13.3. The molecule has 5 nitrogen and oxygen atoms in total. The Labute approximate surface area is 139 Å². The zero-order chi connectivity index (χ0) is 16.5. The molecule has 3 heterocycles. The van der Waals surface area contributed by atoms with Gasteiger partial charge in [-0.05, 0) is 30.2 Å². The summed E-state index contributed by atoms with van der Waals surface area (Å²) in [6, 6.07) is 4.76. The second-order valence-corrected chi connectivity index (χ2v) is 6.09. The minimum atomic E-state index is -0.482. The number of aromatic amines is 1. The van der Waals surface area contributed by atoms with Gasteiger partial charge in [-0.1, -0.05) is 6.08 Å². The third-order valence-electron chi connectivity index (χ3n) is 4.60. The third kappa shape index (κ3) is 2.83. The van der Waals surface area contributed by atoms with Crippen molar-refractivity contribution in [2.24, 2.45) is 0 Å². The Hall–Kier alpha value is -2.18. The molecule has 1 N–H and O–H groups in total. The molecule has 1 aromatic heterocycles. The van der Waals surface area contributed by atoms with Crippen LogP contribution in [-0.2, 0) is 14.3 Å². The van der Waals surface area contributed by atoms with Crippen molar-refractivity contribution in [3.8, 4) is 0 Å². The first-order chi connectivity index (χ1) is 11.7. The molecule has 0 radical (unpaired) electrons. The fraction of sp³-hybridized carbons (Fsp3) is 0.389. The highest BCUT2D eigenvalue weighted by atomic mass is 19.1. The van der Waals surface area contributed by atoms with Gasteiger partial charge < -0.3 is 19.4 Å². The van der Waals surface area contributed by atoms with Gasteiger partial charge in [0, 0.05) is 35.8 Å². The number of halogens is 1. The summed E-state index contributed by atoms with van der Waals surface area (Å²) in [5.74, 6) is -0.258. The highest BCUT2D eigenvalue weighted by molar-refractivity contribution is 5.93. The Morgan fingerprint density at radius 3 is 3.00 bits per heavy atom. The average molecular weight is 330 g/mol. The van der Waals surface area contributed by atoms with Gasteiger partial charge in [0.1, 0.15) is 5.82 Å². The summed E-state index contributed by atoms with van der Waals surface area (Å²) >= 11 is 0. The number of aromatic nitrogens is 1. The van der Waals surface area contributed by atoms with Gasteiger partial charge in [-0.25, -0.2) is 4.39 Å². The Morgan fingerprint density at radius 2 is 2.25 bits per heavy atom. The molecule has 1 saturated heterocycles. The molecule has 126 valence electrons. The van der Waals surface area contributed by atoms with Crippen LogP contribution in [0, 0.1) is 5.82 Å². The highest BCUT2D eigenvalue weighted by Gasteiger charge is 2.28.